The smallest absolute Gasteiger partial charge is 0.435 e. The number of hydrogen-bond donors (Lipinski definition) is 0. The summed E-state index contributed by atoms with van der Waals surface area (Å²) in [5.74, 6) is 0.531. The third kappa shape index (κ3) is 5.76. The van der Waals surface area contributed by atoms with Gasteiger partial charge < -0.3 is 4.74 Å². The van der Waals surface area contributed by atoms with Crippen LogP contribution in [0.5, 0.6) is 5.75 Å². The van der Waals surface area contributed by atoms with E-state index in [-0.39, 0.29) is 13.3 Å². The molecule has 3 aromatic heterocycles. The van der Waals surface area contributed by atoms with Crippen LogP contribution in [0.1, 0.15) is 45.1 Å². The zero-order chi connectivity index (χ0) is 25.9. The minimum absolute atomic E-state index is 0. The summed E-state index contributed by atoms with van der Waals surface area (Å²) in [6.07, 6.45) is 0.207. The molecular formula is C28H28F4N4O. The second kappa shape index (κ2) is 11.0. The van der Waals surface area contributed by atoms with Crippen LogP contribution in [0.25, 0.3) is 22.4 Å². The SMILES string of the molecule is C.CC(C)C(C)(c1ccc(-c2cncc(OCF)c2)cc1)c1ccc(-c2ccc(C(F)(F)F)nn2)cn1. The highest BCUT2D eigenvalue weighted by Gasteiger charge is 2.34. The van der Waals surface area contributed by atoms with Gasteiger partial charge in [-0.3, -0.25) is 9.97 Å². The molecular weight excluding hydrogens is 484 g/mol. The zero-order valence-electron chi connectivity index (χ0n) is 19.9. The Morgan fingerprint density at radius 1 is 0.811 bits per heavy atom. The van der Waals surface area contributed by atoms with Crippen LogP contribution in [0.3, 0.4) is 0 Å². The van der Waals surface area contributed by atoms with Crippen molar-refractivity contribution in [2.45, 2.75) is 39.8 Å². The van der Waals surface area contributed by atoms with Gasteiger partial charge in [-0.1, -0.05) is 45.5 Å². The van der Waals surface area contributed by atoms with Gasteiger partial charge in [-0.15, -0.1) is 10.2 Å². The van der Waals surface area contributed by atoms with Gasteiger partial charge in [0.15, 0.2) is 5.69 Å². The zero-order valence-corrected chi connectivity index (χ0v) is 19.9. The van der Waals surface area contributed by atoms with Gasteiger partial charge in [0.05, 0.1) is 17.6 Å². The Morgan fingerprint density at radius 2 is 1.49 bits per heavy atom. The summed E-state index contributed by atoms with van der Waals surface area (Å²) in [4.78, 5) is 8.77. The van der Waals surface area contributed by atoms with Gasteiger partial charge >= 0.3 is 6.18 Å². The first-order valence-corrected chi connectivity index (χ1v) is 11.3. The molecule has 1 unspecified atom stereocenters. The van der Waals surface area contributed by atoms with Crippen molar-refractivity contribution in [2.75, 3.05) is 6.86 Å². The molecule has 0 aliphatic carbocycles. The third-order valence-corrected chi connectivity index (χ3v) is 6.45. The molecule has 0 aliphatic rings. The molecule has 0 saturated heterocycles. The van der Waals surface area contributed by atoms with Crippen LogP contribution in [0.2, 0.25) is 0 Å². The monoisotopic (exact) mass is 512 g/mol. The van der Waals surface area contributed by atoms with E-state index in [9.17, 15) is 17.6 Å². The van der Waals surface area contributed by atoms with Crippen molar-refractivity contribution >= 4 is 0 Å². The summed E-state index contributed by atoms with van der Waals surface area (Å²) in [6.45, 7) is 5.39. The fraction of sp³-hybridized carbons (Fsp3) is 0.286. The van der Waals surface area contributed by atoms with Crippen molar-refractivity contribution in [3.63, 3.8) is 0 Å². The average Bonchev–Trinajstić information content (AvgIpc) is 2.88. The number of alkyl halides is 4. The van der Waals surface area contributed by atoms with Crippen LogP contribution < -0.4 is 4.74 Å². The van der Waals surface area contributed by atoms with Crippen molar-refractivity contribution in [2.24, 2.45) is 5.92 Å². The third-order valence-electron chi connectivity index (χ3n) is 6.45. The van der Waals surface area contributed by atoms with Crippen molar-refractivity contribution < 1.29 is 22.3 Å². The normalized spacial score (nSPS) is 13.1. The van der Waals surface area contributed by atoms with Crippen molar-refractivity contribution in [1.29, 1.82) is 0 Å². The Hall–Kier alpha value is -3.88. The van der Waals surface area contributed by atoms with Crippen molar-refractivity contribution in [3.05, 3.63) is 90.1 Å². The van der Waals surface area contributed by atoms with Crippen LogP contribution in [-0.4, -0.2) is 27.0 Å². The van der Waals surface area contributed by atoms with Crippen LogP contribution >= 0.6 is 0 Å². The molecule has 0 radical (unpaired) electrons. The lowest BCUT2D eigenvalue weighted by atomic mass is 9.70. The molecule has 4 rings (SSSR count). The fourth-order valence-corrected chi connectivity index (χ4v) is 3.99. The maximum atomic E-state index is 12.8. The minimum atomic E-state index is -4.54. The first-order valence-electron chi connectivity index (χ1n) is 11.3. The second-order valence-electron chi connectivity index (χ2n) is 8.83. The molecule has 4 aromatic rings. The molecule has 0 bridgehead atoms. The second-order valence-corrected chi connectivity index (χ2v) is 8.83. The van der Waals surface area contributed by atoms with E-state index in [1.807, 2.05) is 30.3 Å². The lowest BCUT2D eigenvalue weighted by Crippen LogP contribution is -2.31. The quantitative estimate of drug-likeness (QED) is 0.240. The van der Waals surface area contributed by atoms with Gasteiger partial charge in [-0.2, -0.15) is 13.2 Å². The topological polar surface area (TPSA) is 60.8 Å². The molecule has 0 amide bonds. The van der Waals surface area contributed by atoms with Crippen LogP contribution in [0.15, 0.2) is 73.2 Å². The highest BCUT2D eigenvalue weighted by Crippen LogP contribution is 2.39. The van der Waals surface area contributed by atoms with Gasteiger partial charge in [0.25, 0.3) is 0 Å². The Balaban J connectivity index is 0.00000380. The number of pyridine rings is 2. The molecule has 1 atom stereocenters. The van der Waals surface area contributed by atoms with E-state index in [0.717, 1.165) is 28.5 Å². The number of nitrogens with zero attached hydrogens (tertiary/aromatic N) is 4. The summed E-state index contributed by atoms with van der Waals surface area (Å²) < 4.78 is 55.7. The minimum Gasteiger partial charge on any atom is -0.461 e. The van der Waals surface area contributed by atoms with Gasteiger partial charge in [0.1, 0.15) is 5.75 Å². The van der Waals surface area contributed by atoms with E-state index in [0.29, 0.717) is 17.0 Å². The number of benzene rings is 1. The predicted octanol–water partition coefficient (Wildman–Crippen LogP) is 7.52. The van der Waals surface area contributed by atoms with Crippen molar-refractivity contribution in [1.82, 2.24) is 20.2 Å². The van der Waals surface area contributed by atoms with Gasteiger partial charge in [0, 0.05) is 28.9 Å². The van der Waals surface area contributed by atoms with E-state index in [1.165, 1.54) is 12.3 Å². The summed E-state index contributed by atoms with van der Waals surface area (Å²) in [5, 5.41) is 7.00. The van der Waals surface area contributed by atoms with Gasteiger partial charge in [0.2, 0.25) is 6.86 Å². The highest BCUT2D eigenvalue weighted by molar-refractivity contribution is 5.65. The Bertz CT molecular complexity index is 1310. The molecule has 0 N–H and O–H groups in total. The number of hydrogen-bond acceptors (Lipinski definition) is 5. The molecule has 3 heterocycles. The number of rotatable bonds is 7. The maximum absolute atomic E-state index is 12.8. The van der Waals surface area contributed by atoms with Crippen LogP contribution in [0, 0.1) is 5.92 Å². The molecule has 0 aliphatic heterocycles. The largest absolute Gasteiger partial charge is 0.461 e. The number of ether oxygens (including phenoxy) is 1. The molecule has 5 nitrogen and oxygen atoms in total. The maximum Gasteiger partial charge on any atom is 0.435 e. The summed E-state index contributed by atoms with van der Waals surface area (Å²) >= 11 is 0. The number of halogens is 4. The van der Waals surface area contributed by atoms with Crippen LogP contribution in [0.4, 0.5) is 17.6 Å². The summed E-state index contributed by atoms with van der Waals surface area (Å²) in [7, 11) is 0. The van der Waals surface area contributed by atoms with Crippen LogP contribution in [-0.2, 0) is 11.6 Å². The van der Waals surface area contributed by atoms with Gasteiger partial charge in [-0.25, -0.2) is 4.39 Å². The van der Waals surface area contributed by atoms with E-state index in [2.05, 4.69) is 40.9 Å². The lowest BCUT2D eigenvalue weighted by molar-refractivity contribution is -0.141. The first-order chi connectivity index (χ1) is 17.1. The molecule has 37 heavy (non-hydrogen) atoms. The Morgan fingerprint density at radius 3 is 2.03 bits per heavy atom. The summed E-state index contributed by atoms with van der Waals surface area (Å²) in [6, 6.07) is 15.6. The Kier molecular flexibility index (Phi) is 8.25. The van der Waals surface area contributed by atoms with Gasteiger partial charge in [-0.05, 0) is 54.3 Å². The molecule has 1 aromatic carbocycles. The van der Waals surface area contributed by atoms with E-state index >= 15 is 0 Å². The molecule has 0 saturated carbocycles. The molecule has 0 spiro atoms. The first kappa shape index (κ1) is 27.7. The predicted molar refractivity (Wildman–Crippen MR) is 135 cm³/mol. The van der Waals surface area contributed by atoms with E-state index < -0.39 is 24.1 Å². The highest BCUT2D eigenvalue weighted by atomic mass is 19.4. The van der Waals surface area contributed by atoms with E-state index in [1.54, 1.807) is 24.5 Å². The van der Waals surface area contributed by atoms with Crippen molar-refractivity contribution in [3.8, 4) is 28.1 Å². The lowest BCUT2D eigenvalue weighted by Gasteiger charge is -2.34. The molecule has 0 fully saturated rings. The fourth-order valence-electron chi connectivity index (χ4n) is 3.99. The summed E-state index contributed by atoms with van der Waals surface area (Å²) in [5.41, 5.74) is 2.97. The standard InChI is InChI=1S/C27H24F4N4O.CH4/c1-17(2)26(3,21-7-4-18(5-8-21)20-12-22(36-16-28)15-32-13-20)24-10-6-19(14-33-24)23-9-11-25(35-34-23)27(29,30)31;/h4-15,17H,16H2,1-3H3;1H4. The Labute approximate surface area is 213 Å². The number of aromatic nitrogens is 4. The molecule has 9 heteroatoms. The average molecular weight is 513 g/mol. The molecule has 194 valence electrons. The van der Waals surface area contributed by atoms with E-state index in [4.69, 9.17) is 4.74 Å².